The predicted molar refractivity (Wildman–Crippen MR) is 102 cm³/mol. The quantitative estimate of drug-likeness (QED) is 0.779. The van der Waals surface area contributed by atoms with Gasteiger partial charge in [0.1, 0.15) is 4.88 Å². The van der Waals surface area contributed by atoms with Gasteiger partial charge in [-0.05, 0) is 24.6 Å². The molecule has 0 atom stereocenters. The summed E-state index contributed by atoms with van der Waals surface area (Å²) in [5.74, 6) is -2.23. The van der Waals surface area contributed by atoms with E-state index in [-0.39, 0.29) is 24.4 Å². The van der Waals surface area contributed by atoms with Crippen molar-refractivity contribution in [1.29, 1.82) is 0 Å². The number of carbonyl (C=O) groups is 2. The number of nitrogens with zero attached hydrogens (tertiary/aromatic N) is 2. The third-order valence-corrected chi connectivity index (χ3v) is 5.26. The van der Waals surface area contributed by atoms with Gasteiger partial charge in [0.15, 0.2) is 0 Å². The number of hydrogen-bond donors (Lipinski definition) is 1. The maximum absolute atomic E-state index is 12.7. The van der Waals surface area contributed by atoms with Crippen LogP contribution in [0.2, 0.25) is 0 Å². The molecule has 0 unspecified atom stereocenters. The largest absolute Gasteiger partial charge is 0.471 e. The Kier molecular flexibility index (Phi) is 6.48. The number of halogens is 3. The molecule has 0 aliphatic rings. The standard InChI is InChI=1S/C19H22F3N3O2S/c1-5-25(17(27)19(20,21)22)11-12-7-6-8-13(9-12)24-15(26)14-10-23-16(28-14)18(2,3)4/h6-10H,5,11H2,1-4H3,(H,24,26). The first kappa shape index (κ1) is 21.9. The molecule has 0 aliphatic heterocycles. The molecule has 152 valence electrons. The molecule has 0 aliphatic carbocycles. The summed E-state index contributed by atoms with van der Waals surface area (Å²) in [6, 6.07) is 6.40. The maximum Gasteiger partial charge on any atom is 0.471 e. The fourth-order valence-electron chi connectivity index (χ4n) is 2.39. The smallest absolute Gasteiger partial charge is 0.331 e. The summed E-state index contributed by atoms with van der Waals surface area (Å²) < 4.78 is 38.0. The zero-order valence-corrected chi connectivity index (χ0v) is 16.9. The van der Waals surface area contributed by atoms with E-state index in [1.165, 1.54) is 24.5 Å². The average molecular weight is 413 g/mol. The van der Waals surface area contributed by atoms with Gasteiger partial charge in [0.25, 0.3) is 5.91 Å². The van der Waals surface area contributed by atoms with Crippen LogP contribution in [0.15, 0.2) is 30.5 Å². The molecule has 28 heavy (non-hydrogen) atoms. The van der Waals surface area contributed by atoms with Crippen molar-refractivity contribution < 1.29 is 22.8 Å². The summed E-state index contributed by atoms with van der Waals surface area (Å²) in [6.07, 6.45) is -3.41. The van der Waals surface area contributed by atoms with Crippen molar-refractivity contribution in [3.63, 3.8) is 0 Å². The number of benzene rings is 1. The Morgan fingerprint density at radius 2 is 1.89 bits per heavy atom. The van der Waals surface area contributed by atoms with Crippen molar-refractivity contribution in [1.82, 2.24) is 9.88 Å². The van der Waals surface area contributed by atoms with Crippen LogP contribution in [0.3, 0.4) is 0 Å². The first-order valence-electron chi connectivity index (χ1n) is 8.64. The minimum Gasteiger partial charge on any atom is -0.331 e. The van der Waals surface area contributed by atoms with Gasteiger partial charge in [0.05, 0.1) is 11.2 Å². The first-order valence-corrected chi connectivity index (χ1v) is 9.46. The second kappa shape index (κ2) is 8.30. The zero-order valence-electron chi connectivity index (χ0n) is 16.1. The lowest BCUT2D eigenvalue weighted by atomic mass is 9.98. The Hall–Kier alpha value is -2.42. The molecule has 5 nitrogen and oxygen atoms in total. The number of rotatable bonds is 5. The van der Waals surface area contributed by atoms with Gasteiger partial charge in [-0.15, -0.1) is 11.3 Å². The predicted octanol–water partition coefficient (Wildman–Crippen LogP) is 4.60. The van der Waals surface area contributed by atoms with Gasteiger partial charge in [0, 0.05) is 24.2 Å². The van der Waals surface area contributed by atoms with Crippen LogP contribution >= 0.6 is 11.3 Å². The first-order chi connectivity index (χ1) is 12.9. The summed E-state index contributed by atoms with van der Waals surface area (Å²) in [5, 5.41) is 3.55. The van der Waals surface area contributed by atoms with Crippen molar-refractivity contribution in [2.45, 2.75) is 45.8 Å². The van der Waals surface area contributed by atoms with Crippen LogP contribution in [-0.2, 0) is 16.8 Å². The summed E-state index contributed by atoms with van der Waals surface area (Å²) >= 11 is 1.29. The molecule has 2 aromatic rings. The molecule has 1 aromatic carbocycles. The third kappa shape index (κ3) is 5.54. The summed E-state index contributed by atoms with van der Waals surface area (Å²) in [7, 11) is 0. The van der Waals surface area contributed by atoms with E-state index in [0.717, 1.165) is 5.01 Å². The maximum atomic E-state index is 12.7. The van der Waals surface area contributed by atoms with Crippen LogP contribution in [0.4, 0.5) is 18.9 Å². The van der Waals surface area contributed by atoms with E-state index in [0.29, 0.717) is 21.0 Å². The van der Waals surface area contributed by atoms with E-state index >= 15 is 0 Å². The molecule has 0 saturated carbocycles. The zero-order chi connectivity index (χ0) is 21.1. The topological polar surface area (TPSA) is 62.3 Å². The second-order valence-corrected chi connectivity index (χ2v) is 8.28. The van der Waals surface area contributed by atoms with Crippen LogP contribution in [0.1, 0.15) is 47.9 Å². The van der Waals surface area contributed by atoms with E-state index in [9.17, 15) is 22.8 Å². The van der Waals surface area contributed by atoms with E-state index in [1.807, 2.05) is 20.8 Å². The lowest BCUT2D eigenvalue weighted by molar-refractivity contribution is -0.185. The van der Waals surface area contributed by atoms with E-state index < -0.39 is 12.1 Å². The molecule has 9 heteroatoms. The number of anilines is 1. The molecule has 0 saturated heterocycles. The van der Waals surface area contributed by atoms with Crippen molar-refractivity contribution in [2.75, 3.05) is 11.9 Å². The lowest BCUT2D eigenvalue weighted by Gasteiger charge is -2.22. The minimum atomic E-state index is -4.92. The Labute approximate surface area is 165 Å². The van der Waals surface area contributed by atoms with E-state index in [4.69, 9.17) is 0 Å². The molecule has 0 bridgehead atoms. The molecule has 1 N–H and O–H groups in total. The van der Waals surface area contributed by atoms with Gasteiger partial charge in [-0.2, -0.15) is 13.2 Å². The van der Waals surface area contributed by atoms with E-state index in [1.54, 1.807) is 24.3 Å². The number of hydrogen-bond acceptors (Lipinski definition) is 4. The second-order valence-electron chi connectivity index (χ2n) is 7.25. The highest BCUT2D eigenvalue weighted by molar-refractivity contribution is 7.13. The van der Waals surface area contributed by atoms with Crippen LogP contribution in [0.25, 0.3) is 0 Å². The number of carbonyl (C=O) groups excluding carboxylic acids is 2. The van der Waals surface area contributed by atoms with E-state index in [2.05, 4.69) is 10.3 Å². The Balaban J connectivity index is 2.11. The highest BCUT2D eigenvalue weighted by atomic mass is 32.1. The van der Waals surface area contributed by atoms with Gasteiger partial charge >= 0.3 is 12.1 Å². The Morgan fingerprint density at radius 1 is 1.21 bits per heavy atom. The van der Waals surface area contributed by atoms with Crippen molar-refractivity contribution in [3.05, 3.63) is 45.9 Å². The van der Waals surface area contributed by atoms with Crippen molar-refractivity contribution in [3.8, 4) is 0 Å². The number of thiazole rings is 1. The molecule has 2 amide bonds. The van der Waals surface area contributed by atoms with Crippen LogP contribution in [0.5, 0.6) is 0 Å². The Bertz CT molecular complexity index is 857. The molecule has 1 aromatic heterocycles. The van der Waals surface area contributed by atoms with Gasteiger partial charge in [0.2, 0.25) is 0 Å². The Morgan fingerprint density at radius 3 is 2.43 bits per heavy atom. The van der Waals surface area contributed by atoms with Crippen LogP contribution < -0.4 is 5.32 Å². The minimum absolute atomic E-state index is 0.0780. The molecular formula is C19H22F3N3O2S. The van der Waals surface area contributed by atoms with Crippen LogP contribution in [-0.4, -0.2) is 34.4 Å². The van der Waals surface area contributed by atoms with Gasteiger partial charge in [-0.25, -0.2) is 4.98 Å². The van der Waals surface area contributed by atoms with Gasteiger partial charge in [-0.3, -0.25) is 9.59 Å². The van der Waals surface area contributed by atoms with Crippen molar-refractivity contribution in [2.24, 2.45) is 0 Å². The lowest BCUT2D eigenvalue weighted by Crippen LogP contribution is -2.40. The van der Waals surface area contributed by atoms with Gasteiger partial charge in [-0.1, -0.05) is 32.9 Å². The van der Waals surface area contributed by atoms with Crippen LogP contribution in [0, 0.1) is 0 Å². The van der Waals surface area contributed by atoms with Gasteiger partial charge < -0.3 is 10.2 Å². The summed E-state index contributed by atoms with van der Waals surface area (Å²) in [4.78, 5) is 29.3. The fourth-order valence-corrected chi connectivity index (χ4v) is 3.26. The normalized spacial score (nSPS) is 12.0. The molecule has 2 rings (SSSR count). The number of alkyl halides is 3. The summed E-state index contributed by atoms with van der Waals surface area (Å²) in [5.41, 5.74) is 0.748. The number of nitrogens with one attached hydrogen (secondary N) is 1. The SMILES string of the molecule is CCN(Cc1cccc(NC(=O)c2cnc(C(C)(C)C)s2)c1)C(=O)C(F)(F)F. The molecule has 1 heterocycles. The monoisotopic (exact) mass is 413 g/mol. The third-order valence-electron chi connectivity index (χ3n) is 3.84. The highest BCUT2D eigenvalue weighted by Gasteiger charge is 2.41. The number of aromatic nitrogens is 1. The molecule has 0 fully saturated rings. The number of amides is 2. The molecular weight excluding hydrogens is 391 g/mol. The highest BCUT2D eigenvalue weighted by Crippen LogP contribution is 2.27. The summed E-state index contributed by atoms with van der Waals surface area (Å²) in [6.45, 7) is 7.20. The average Bonchev–Trinajstić information content (AvgIpc) is 3.09. The molecule has 0 radical (unpaired) electrons. The fraction of sp³-hybridized carbons (Fsp3) is 0.421. The van der Waals surface area contributed by atoms with Crippen molar-refractivity contribution >= 4 is 28.8 Å². The molecule has 0 spiro atoms.